The smallest absolute Gasteiger partial charge is 0.166 e. The van der Waals surface area contributed by atoms with Crippen LogP contribution in [-0.2, 0) is 4.79 Å². The molecule has 0 radical (unpaired) electrons. The molecule has 0 saturated heterocycles. The lowest BCUT2D eigenvalue weighted by Crippen LogP contribution is -2.49. The van der Waals surface area contributed by atoms with Gasteiger partial charge in [-0.25, -0.2) is 0 Å². The van der Waals surface area contributed by atoms with Gasteiger partial charge in [0, 0.05) is 5.41 Å². The second kappa shape index (κ2) is 4.56. The Morgan fingerprint density at radius 2 is 1.82 bits per heavy atom. The summed E-state index contributed by atoms with van der Waals surface area (Å²) in [4.78, 5) is 12.3. The Morgan fingerprint density at radius 3 is 2.29 bits per heavy atom. The third kappa shape index (κ3) is 2.79. The average Bonchev–Trinajstić information content (AvgIpc) is 2.20. The minimum atomic E-state index is -0.662. The molecule has 1 atom stereocenters. The highest BCUT2D eigenvalue weighted by Gasteiger charge is 2.47. The third-order valence-corrected chi connectivity index (χ3v) is 3.80. The number of carbonyl (C=O) groups excluding carboxylic acids is 1. The normalized spacial score (nSPS) is 27.2. The highest BCUT2D eigenvalue weighted by atomic mass is 16.3. The van der Waals surface area contributed by atoms with E-state index in [1.165, 1.54) is 0 Å². The van der Waals surface area contributed by atoms with Gasteiger partial charge < -0.3 is 5.11 Å². The molecule has 1 N–H and O–H groups in total. The van der Waals surface area contributed by atoms with Crippen LogP contribution in [0.25, 0.3) is 0 Å². The molecule has 0 fully saturated rings. The molecule has 1 unspecified atom stereocenters. The minimum absolute atomic E-state index is 0.116. The first kappa shape index (κ1) is 14.4. The molecule has 17 heavy (non-hydrogen) atoms. The van der Waals surface area contributed by atoms with Gasteiger partial charge in [-0.05, 0) is 24.3 Å². The zero-order valence-electron chi connectivity index (χ0n) is 12.0. The minimum Gasteiger partial charge on any atom is -0.391 e. The summed E-state index contributed by atoms with van der Waals surface area (Å²) in [5, 5.41) is 10.3. The number of ketones is 1. The van der Waals surface area contributed by atoms with E-state index >= 15 is 0 Å². The Balaban J connectivity index is 3.01. The van der Waals surface area contributed by atoms with E-state index < -0.39 is 11.5 Å². The Kier molecular flexibility index (Phi) is 3.87. The molecular formula is C15H26O2. The second-order valence-electron chi connectivity index (χ2n) is 6.88. The first-order valence-corrected chi connectivity index (χ1v) is 6.53. The fraction of sp³-hybridized carbons (Fsp3) is 0.800. The number of hydrogen-bond donors (Lipinski definition) is 1. The number of hydrogen-bond acceptors (Lipinski definition) is 2. The Bertz CT molecular complexity index is 335. The lowest BCUT2D eigenvalue weighted by atomic mass is 9.63. The van der Waals surface area contributed by atoms with E-state index in [2.05, 4.69) is 13.8 Å². The lowest BCUT2D eigenvalue weighted by Gasteiger charge is -2.43. The highest BCUT2D eigenvalue weighted by Crippen LogP contribution is 2.43. The predicted octanol–water partition coefficient (Wildman–Crippen LogP) is 3.35. The summed E-state index contributed by atoms with van der Waals surface area (Å²) in [5.41, 5.74) is -0.0760. The van der Waals surface area contributed by atoms with Crippen LogP contribution < -0.4 is 0 Å². The fourth-order valence-corrected chi connectivity index (χ4v) is 2.69. The first-order chi connectivity index (χ1) is 7.59. The molecule has 0 aliphatic heterocycles. The van der Waals surface area contributed by atoms with E-state index in [-0.39, 0.29) is 11.2 Å². The lowest BCUT2D eigenvalue weighted by molar-refractivity contribution is -0.135. The Hall–Kier alpha value is -0.630. The summed E-state index contributed by atoms with van der Waals surface area (Å²) in [6.07, 6.45) is 3.23. The van der Waals surface area contributed by atoms with E-state index in [4.69, 9.17) is 0 Å². The average molecular weight is 238 g/mol. The van der Waals surface area contributed by atoms with Crippen molar-refractivity contribution >= 4 is 5.78 Å². The van der Waals surface area contributed by atoms with Crippen LogP contribution in [0, 0.1) is 16.7 Å². The monoisotopic (exact) mass is 238 g/mol. The Labute approximate surface area is 105 Å². The molecule has 0 aromatic carbocycles. The number of Topliss-reactive ketones (excluding diaryl/α,β-unsaturated/α-hetero) is 1. The van der Waals surface area contributed by atoms with Crippen LogP contribution in [0.2, 0.25) is 0 Å². The fourth-order valence-electron chi connectivity index (χ4n) is 2.69. The summed E-state index contributed by atoms with van der Waals surface area (Å²) >= 11 is 0. The van der Waals surface area contributed by atoms with Crippen molar-refractivity contribution in [2.24, 2.45) is 16.7 Å². The van der Waals surface area contributed by atoms with Gasteiger partial charge in [-0.1, -0.05) is 47.6 Å². The van der Waals surface area contributed by atoms with Gasteiger partial charge in [-0.15, -0.1) is 0 Å². The van der Waals surface area contributed by atoms with Gasteiger partial charge in [0.2, 0.25) is 0 Å². The second-order valence-corrected chi connectivity index (χ2v) is 6.88. The van der Waals surface area contributed by atoms with Gasteiger partial charge in [0.1, 0.15) is 0 Å². The largest absolute Gasteiger partial charge is 0.391 e. The number of carbonyl (C=O) groups is 1. The van der Waals surface area contributed by atoms with Crippen LogP contribution in [-0.4, -0.2) is 17.0 Å². The summed E-state index contributed by atoms with van der Waals surface area (Å²) in [7, 11) is 0. The van der Waals surface area contributed by atoms with Crippen molar-refractivity contribution in [1.82, 2.24) is 0 Å². The molecule has 1 aliphatic rings. The summed E-state index contributed by atoms with van der Waals surface area (Å²) in [6, 6.07) is 0. The van der Waals surface area contributed by atoms with Gasteiger partial charge >= 0.3 is 0 Å². The van der Waals surface area contributed by atoms with Gasteiger partial charge in [0.15, 0.2) is 5.78 Å². The summed E-state index contributed by atoms with van der Waals surface area (Å²) in [5.74, 6) is 0.715. The molecule has 98 valence electrons. The standard InChI is InChI=1S/C15H26O2/c1-10(2)7-8-11-9-14(3,4)13(17)15(5,6)12(11)16/h9-10,13,17H,7-8H2,1-6H3. The van der Waals surface area contributed by atoms with Crippen molar-refractivity contribution in [3.63, 3.8) is 0 Å². The van der Waals surface area contributed by atoms with Crippen molar-refractivity contribution in [1.29, 1.82) is 0 Å². The molecule has 0 aromatic rings. The number of allylic oxidation sites excluding steroid dienone is 1. The van der Waals surface area contributed by atoms with Gasteiger partial charge in [0.05, 0.1) is 11.5 Å². The van der Waals surface area contributed by atoms with E-state index in [0.717, 1.165) is 18.4 Å². The van der Waals surface area contributed by atoms with Crippen molar-refractivity contribution in [2.45, 2.75) is 60.5 Å². The number of aliphatic hydroxyl groups excluding tert-OH is 1. The van der Waals surface area contributed by atoms with Crippen molar-refractivity contribution < 1.29 is 9.90 Å². The van der Waals surface area contributed by atoms with Crippen LogP contribution in [0.5, 0.6) is 0 Å². The van der Waals surface area contributed by atoms with Crippen LogP contribution in [0.15, 0.2) is 11.6 Å². The number of rotatable bonds is 3. The number of aliphatic hydroxyl groups is 1. The first-order valence-electron chi connectivity index (χ1n) is 6.53. The molecule has 0 amide bonds. The van der Waals surface area contributed by atoms with Gasteiger partial charge in [0.25, 0.3) is 0 Å². The molecule has 0 spiro atoms. The van der Waals surface area contributed by atoms with Crippen LogP contribution in [0.3, 0.4) is 0 Å². The van der Waals surface area contributed by atoms with Crippen LogP contribution >= 0.6 is 0 Å². The van der Waals surface area contributed by atoms with E-state index in [9.17, 15) is 9.90 Å². The van der Waals surface area contributed by atoms with Crippen molar-refractivity contribution in [2.75, 3.05) is 0 Å². The van der Waals surface area contributed by atoms with Crippen LogP contribution in [0.4, 0.5) is 0 Å². The molecule has 2 nitrogen and oxygen atoms in total. The molecule has 1 rings (SSSR count). The molecule has 2 heteroatoms. The maximum Gasteiger partial charge on any atom is 0.166 e. The molecule has 0 heterocycles. The van der Waals surface area contributed by atoms with E-state index in [0.29, 0.717) is 5.92 Å². The summed E-state index contributed by atoms with van der Waals surface area (Å²) < 4.78 is 0. The maximum atomic E-state index is 12.3. The molecule has 1 aliphatic carbocycles. The molecule has 0 aromatic heterocycles. The molecular weight excluding hydrogens is 212 g/mol. The van der Waals surface area contributed by atoms with Crippen molar-refractivity contribution in [3.8, 4) is 0 Å². The summed E-state index contributed by atoms with van der Waals surface area (Å²) in [6.45, 7) is 12.0. The maximum absolute atomic E-state index is 12.3. The van der Waals surface area contributed by atoms with Gasteiger partial charge in [-0.2, -0.15) is 0 Å². The van der Waals surface area contributed by atoms with E-state index in [1.54, 1.807) is 0 Å². The van der Waals surface area contributed by atoms with E-state index in [1.807, 2.05) is 33.8 Å². The Morgan fingerprint density at radius 1 is 1.29 bits per heavy atom. The highest BCUT2D eigenvalue weighted by molar-refractivity contribution is 6.01. The quantitative estimate of drug-likeness (QED) is 0.818. The SMILES string of the molecule is CC(C)CCC1=CC(C)(C)C(O)C(C)(C)C1=O. The van der Waals surface area contributed by atoms with Gasteiger partial charge in [-0.3, -0.25) is 4.79 Å². The van der Waals surface area contributed by atoms with Crippen molar-refractivity contribution in [3.05, 3.63) is 11.6 Å². The zero-order valence-corrected chi connectivity index (χ0v) is 12.0. The molecule has 0 bridgehead atoms. The topological polar surface area (TPSA) is 37.3 Å². The van der Waals surface area contributed by atoms with Crippen LogP contribution in [0.1, 0.15) is 54.4 Å². The molecule has 0 saturated carbocycles. The third-order valence-electron chi connectivity index (χ3n) is 3.80. The zero-order chi connectivity index (χ0) is 13.4. The predicted molar refractivity (Wildman–Crippen MR) is 70.7 cm³/mol.